The zero-order valence-electron chi connectivity index (χ0n) is 9.53. The predicted octanol–water partition coefficient (Wildman–Crippen LogP) is 2.59. The molecule has 0 radical (unpaired) electrons. The molecule has 0 unspecified atom stereocenters. The van der Waals surface area contributed by atoms with Crippen molar-refractivity contribution in [2.75, 3.05) is 6.61 Å². The van der Waals surface area contributed by atoms with Crippen LogP contribution in [0.4, 0.5) is 0 Å². The van der Waals surface area contributed by atoms with Gasteiger partial charge in [-0.05, 0) is 25.1 Å². The van der Waals surface area contributed by atoms with Crippen molar-refractivity contribution in [3.8, 4) is 17.0 Å². The van der Waals surface area contributed by atoms with Crippen LogP contribution in [-0.4, -0.2) is 16.6 Å². The number of nitrogens with two attached hydrogens (primary N) is 1. The zero-order chi connectivity index (χ0) is 12.3. The van der Waals surface area contributed by atoms with Crippen molar-refractivity contribution < 1.29 is 4.74 Å². The first-order chi connectivity index (χ1) is 8.26. The third kappa shape index (κ3) is 2.43. The molecule has 0 aliphatic rings. The molecular weight excluding hydrogens is 238 g/mol. The molecule has 90 valence electrons. The van der Waals surface area contributed by atoms with Gasteiger partial charge in [-0.1, -0.05) is 11.6 Å². The molecule has 2 aromatic rings. The molecule has 0 saturated carbocycles. The van der Waals surface area contributed by atoms with Gasteiger partial charge in [-0.25, -0.2) is 4.98 Å². The fourth-order valence-electron chi connectivity index (χ4n) is 1.65. The minimum Gasteiger partial charge on any atom is -0.492 e. The van der Waals surface area contributed by atoms with Crippen LogP contribution in [0.25, 0.3) is 11.3 Å². The van der Waals surface area contributed by atoms with E-state index in [0.717, 1.165) is 17.0 Å². The summed E-state index contributed by atoms with van der Waals surface area (Å²) in [5.74, 6) is 0.683. The summed E-state index contributed by atoms with van der Waals surface area (Å²) in [4.78, 5) is 7.24. The van der Waals surface area contributed by atoms with Crippen LogP contribution in [-0.2, 0) is 6.54 Å². The van der Waals surface area contributed by atoms with Crippen LogP contribution in [0.3, 0.4) is 0 Å². The molecule has 0 aliphatic carbocycles. The quantitative estimate of drug-likeness (QED) is 0.878. The van der Waals surface area contributed by atoms with E-state index in [4.69, 9.17) is 22.1 Å². The fraction of sp³-hybridized carbons (Fsp3) is 0.250. The van der Waals surface area contributed by atoms with E-state index in [0.29, 0.717) is 23.9 Å². The SMILES string of the molecule is CCOc1ccc(-c2nc[nH]c2CN)cc1Cl. The molecule has 3 N–H and O–H groups in total. The molecule has 0 bridgehead atoms. The van der Waals surface area contributed by atoms with Crippen molar-refractivity contribution in [1.82, 2.24) is 9.97 Å². The molecule has 0 aliphatic heterocycles. The van der Waals surface area contributed by atoms with Gasteiger partial charge in [-0.15, -0.1) is 0 Å². The highest BCUT2D eigenvalue weighted by atomic mass is 35.5. The van der Waals surface area contributed by atoms with Gasteiger partial charge < -0.3 is 15.5 Å². The van der Waals surface area contributed by atoms with E-state index < -0.39 is 0 Å². The number of aromatic amines is 1. The van der Waals surface area contributed by atoms with Crippen LogP contribution in [0.1, 0.15) is 12.6 Å². The number of rotatable bonds is 4. The van der Waals surface area contributed by atoms with Crippen molar-refractivity contribution >= 4 is 11.6 Å². The Kier molecular flexibility index (Phi) is 3.66. The Morgan fingerprint density at radius 1 is 1.47 bits per heavy atom. The number of imidazole rings is 1. The van der Waals surface area contributed by atoms with E-state index in [1.807, 2.05) is 25.1 Å². The number of H-pyrrole nitrogens is 1. The highest BCUT2D eigenvalue weighted by molar-refractivity contribution is 6.32. The van der Waals surface area contributed by atoms with E-state index in [1.165, 1.54) is 0 Å². The molecule has 2 rings (SSSR count). The number of hydrogen-bond acceptors (Lipinski definition) is 3. The normalized spacial score (nSPS) is 10.5. The Balaban J connectivity index is 2.37. The lowest BCUT2D eigenvalue weighted by molar-refractivity contribution is 0.340. The second-order valence-corrected chi connectivity index (χ2v) is 3.92. The second-order valence-electron chi connectivity index (χ2n) is 3.51. The number of ether oxygens (including phenoxy) is 1. The lowest BCUT2D eigenvalue weighted by Crippen LogP contribution is -1.99. The van der Waals surface area contributed by atoms with Crippen LogP contribution >= 0.6 is 11.6 Å². The molecule has 0 amide bonds. The number of benzene rings is 1. The Morgan fingerprint density at radius 3 is 2.94 bits per heavy atom. The third-order valence-electron chi connectivity index (χ3n) is 2.43. The summed E-state index contributed by atoms with van der Waals surface area (Å²) < 4.78 is 5.38. The Labute approximate surface area is 105 Å². The van der Waals surface area contributed by atoms with Crippen LogP contribution in [0.15, 0.2) is 24.5 Å². The molecule has 5 heteroatoms. The first-order valence-corrected chi connectivity index (χ1v) is 5.79. The van der Waals surface area contributed by atoms with Crippen LogP contribution < -0.4 is 10.5 Å². The summed E-state index contributed by atoms with van der Waals surface area (Å²) in [6, 6.07) is 5.60. The molecule has 0 spiro atoms. The zero-order valence-corrected chi connectivity index (χ0v) is 10.3. The monoisotopic (exact) mass is 251 g/mol. The Hall–Kier alpha value is -1.52. The maximum absolute atomic E-state index is 6.13. The van der Waals surface area contributed by atoms with E-state index >= 15 is 0 Å². The summed E-state index contributed by atoms with van der Waals surface area (Å²) in [7, 11) is 0. The predicted molar refractivity (Wildman–Crippen MR) is 68.1 cm³/mol. The Morgan fingerprint density at radius 2 is 2.29 bits per heavy atom. The van der Waals surface area contributed by atoms with Gasteiger partial charge in [0.15, 0.2) is 0 Å². The molecule has 17 heavy (non-hydrogen) atoms. The standard InChI is InChI=1S/C12H14ClN3O/c1-2-17-11-4-3-8(5-9(11)13)12-10(6-14)15-7-16-12/h3-5,7H,2,6,14H2,1H3,(H,15,16). The average Bonchev–Trinajstić information content (AvgIpc) is 2.80. The van der Waals surface area contributed by atoms with Crippen molar-refractivity contribution in [2.45, 2.75) is 13.5 Å². The van der Waals surface area contributed by atoms with E-state index in [2.05, 4.69) is 9.97 Å². The number of nitrogens with zero attached hydrogens (tertiary/aromatic N) is 1. The summed E-state index contributed by atoms with van der Waals surface area (Å²) >= 11 is 6.13. The van der Waals surface area contributed by atoms with Crippen molar-refractivity contribution in [3.05, 3.63) is 35.2 Å². The molecule has 1 aromatic heterocycles. The molecule has 0 saturated heterocycles. The number of aromatic nitrogens is 2. The van der Waals surface area contributed by atoms with Gasteiger partial charge in [0.25, 0.3) is 0 Å². The summed E-state index contributed by atoms with van der Waals surface area (Å²) in [6.45, 7) is 2.93. The van der Waals surface area contributed by atoms with Crippen molar-refractivity contribution in [3.63, 3.8) is 0 Å². The van der Waals surface area contributed by atoms with E-state index in [9.17, 15) is 0 Å². The van der Waals surface area contributed by atoms with Crippen molar-refractivity contribution in [2.24, 2.45) is 5.73 Å². The van der Waals surface area contributed by atoms with Crippen molar-refractivity contribution in [1.29, 1.82) is 0 Å². The average molecular weight is 252 g/mol. The van der Waals surface area contributed by atoms with Gasteiger partial charge in [0.05, 0.1) is 29.3 Å². The number of halogens is 1. The summed E-state index contributed by atoms with van der Waals surface area (Å²) in [6.07, 6.45) is 1.63. The molecule has 0 atom stereocenters. The second kappa shape index (κ2) is 5.21. The topological polar surface area (TPSA) is 63.9 Å². The smallest absolute Gasteiger partial charge is 0.137 e. The van der Waals surface area contributed by atoms with Gasteiger partial charge in [0, 0.05) is 12.1 Å². The van der Waals surface area contributed by atoms with Crippen LogP contribution in [0.5, 0.6) is 5.75 Å². The minimum absolute atomic E-state index is 0.417. The number of nitrogens with one attached hydrogen (secondary N) is 1. The molecule has 0 fully saturated rings. The summed E-state index contributed by atoms with van der Waals surface area (Å²) in [5.41, 5.74) is 8.27. The van der Waals surface area contributed by atoms with E-state index in [-0.39, 0.29) is 0 Å². The van der Waals surface area contributed by atoms with Gasteiger partial charge in [0.1, 0.15) is 5.75 Å². The van der Waals surface area contributed by atoms with Gasteiger partial charge in [-0.3, -0.25) is 0 Å². The maximum atomic E-state index is 6.13. The first kappa shape index (κ1) is 12.0. The fourth-order valence-corrected chi connectivity index (χ4v) is 1.88. The minimum atomic E-state index is 0.417. The lowest BCUT2D eigenvalue weighted by Gasteiger charge is -2.07. The lowest BCUT2D eigenvalue weighted by atomic mass is 10.1. The Bertz CT molecular complexity index is 510. The third-order valence-corrected chi connectivity index (χ3v) is 2.72. The molecule has 1 aromatic carbocycles. The first-order valence-electron chi connectivity index (χ1n) is 5.41. The van der Waals surface area contributed by atoms with Gasteiger partial charge >= 0.3 is 0 Å². The number of hydrogen-bond donors (Lipinski definition) is 2. The van der Waals surface area contributed by atoms with Crippen LogP contribution in [0.2, 0.25) is 5.02 Å². The highest BCUT2D eigenvalue weighted by Gasteiger charge is 2.09. The largest absolute Gasteiger partial charge is 0.492 e. The van der Waals surface area contributed by atoms with E-state index in [1.54, 1.807) is 6.33 Å². The molecule has 4 nitrogen and oxygen atoms in total. The molecular formula is C12H14ClN3O. The highest BCUT2D eigenvalue weighted by Crippen LogP contribution is 2.30. The van der Waals surface area contributed by atoms with Crippen LogP contribution in [0, 0.1) is 0 Å². The van der Waals surface area contributed by atoms with Gasteiger partial charge in [0.2, 0.25) is 0 Å². The molecule has 1 heterocycles. The maximum Gasteiger partial charge on any atom is 0.137 e. The summed E-state index contributed by atoms with van der Waals surface area (Å²) in [5, 5.41) is 0.579. The van der Waals surface area contributed by atoms with Gasteiger partial charge in [-0.2, -0.15) is 0 Å².